The second-order valence-electron chi connectivity index (χ2n) is 5.47. The molecule has 2 rings (SSSR count). The van der Waals surface area contributed by atoms with E-state index in [9.17, 15) is 4.79 Å². The number of carbonyl (C=O) groups excluding carboxylic acids is 1. The predicted octanol–water partition coefficient (Wildman–Crippen LogP) is 3.00. The average molecular weight is 336 g/mol. The van der Waals surface area contributed by atoms with Crippen molar-refractivity contribution in [3.63, 3.8) is 0 Å². The molecular formula is C17H22ClN3O2. The summed E-state index contributed by atoms with van der Waals surface area (Å²) >= 11 is 6.41. The minimum absolute atomic E-state index is 0.108. The van der Waals surface area contributed by atoms with Gasteiger partial charge < -0.3 is 9.64 Å². The Labute approximate surface area is 141 Å². The quantitative estimate of drug-likeness (QED) is 0.731. The Bertz CT molecular complexity index is 655. The molecular weight excluding hydrogens is 314 g/mol. The molecule has 0 N–H and O–H groups in total. The fraction of sp³-hybridized carbons (Fsp3) is 0.412. The SMILES string of the molecule is COCCCN(C)C(=O)c1c(C)nn(Cc2ccccc2)c1Cl. The van der Waals surface area contributed by atoms with Crippen molar-refractivity contribution >= 4 is 17.5 Å². The van der Waals surface area contributed by atoms with Crippen LogP contribution in [0.25, 0.3) is 0 Å². The van der Waals surface area contributed by atoms with E-state index >= 15 is 0 Å². The molecule has 0 saturated heterocycles. The molecule has 0 aliphatic carbocycles. The van der Waals surface area contributed by atoms with Crippen LogP contribution in [0.4, 0.5) is 0 Å². The van der Waals surface area contributed by atoms with Gasteiger partial charge in [-0.05, 0) is 18.9 Å². The molecule has 1 aromatic heterocycles. The topological polar surface area (TPSA) is 47.4 Å². The summed E-state index contributed by atoms with van der Waals surface area (Å²) in [5.41, 5.74) is 2.21. The van der Waals surface area contributed by atoms with Crippen LogP contribution in [0, 0.1) is 6.92 Å². The number of amides is 1. The number of methoxy groups -OCH3 is 1. The molecule has 124 valence electrons. The second kappa shape index (κ2) is 8.13. The molecule has 0 bridgehead atoms. The summed E-state index contributed by atoms with van der Waals surface area (Å²) in [6.45, 7) is 3.59. The highest BCUT2D eigenvalue weighted by molar-refractivity contribution is 6.33. The summed E-state index contributed by atoms with van der Waals surface area (Å²) in [7, 11) is 3.42. The van der Waals surface area contributed by atoms with Crippen LogP contribution in [0.1, 0.15) is 28.0 Å². The van der Waals surface area contributed by atoms with E-state index in [1.165, 1.54) is 0 Å². The Balaban J connectivity index is 2.15. The molecule has 0 atom stereocenters. The average Bonchev–Trinajstić information content (AvgIpc) is 2.82. The van der Waals surface area contributed by atoms with E-state index < -0.39 is 0 Å². The maximum Gasteiger partial charge on any atom is 0.258 e. The Kier molecular flexibility index (Phi) is 6.19. The third-order valence-corrected chi connectivity index (χ3v) is 4.03. The molecule has 0 unspecified atom stereocenters. The zero-order valence-electron chi connectivity index (χ0n) is 13.8. The zero-order valence-corrected chi connectivity index (χ0v) is 14.5. The first-order chi connectivity index (χ1) is 11.0. The smallest absolute Gasteiger partial charge is 0.258 e. The van der Waals surface area contributed by atoms with Gasteiger partial charge in [0.05, 0.1) is 17.8 Å². The minimum Gasteiger partial charge on any atom is -0.385 e. The first-order valence-corrected chi connectivity index (χ1v) is 7.93. The Morgan fingerprint density at radius 3 is 2.70 bits per heavy atom. The van der Waals surface area contributed by atoms with E-state index in [-0.39, 0.29) is 5.91 Å². The number of rotatable bonds is 7. The lowest BCUT2D eigenvalue weighted by atomic mass is 10.2. The number of ether oxygens (including phenoxy) is 1. The number of aromatic nitrogens is 2. The molecule has 23 heavy (non-hydrogen) atoms. The molecule has 1 aromatic carbocycles. The monoisotopic (exact) mass is 335 g/mol. The highest BCUT2D eigenvalue weighted by Gasteiger charge is 2.23. The highest BCUT2D eigenvalue weighted by Crippen LogP contribution is 2.22. The number of aryl methyl sites for hydroxylation is 1. The van der Waals surface area contributed by atoms with Crippen LogP contribution in [0.2, 0.25) is 5.15 Å². The maximum absolute atomic E-state index is 12.6. The first kappa shape index (κ1) is 17.5. The summed E-state index contributed by atoms with van der Waals surface area (Å²) in [5, 5.41) is 4.80. The summed E-state index contributed by atoms with van der Waals surface area (Å²) < 4.78 is 6.68. The molecule has 0 aliphatic heterocycles. The predicted molar refractivity (Wildman–Crippen MR) is 91.0 cm³/mol. The molecule has 0 radical (unpaired) electrons. The third kappa shape index (κ3) is 4.33. The van der Waals surface area contributed by atoms with Gasteiger partial charge in [-0.25, -0.2) is 4.68 Å². The molecule has 0 aliphatic rings. The van der Waals surface area contributed by atoms with Gasteiger partial charge in [-0.2, -0.15) is 5.10 Å². The van der Waals surface area contributed by atoms with E-state index in [1.807, 2.05) is 37.3 Å². The standard InChI is InChI=1S/C17H22ClN3O2/c1-13-15(17(22)20(2)10-7-11-23-3)16(18)21(19-13)12-14-8-5-4-6-9-14/h4-6,8-9H,7,10-12H2,1-3H3. The molecule has 0 spiro atoms. The van der Waals surface area contributed by atoms with Gasteiger partial charge in [-0.15, -0.1) is 0 Å². The minimum atomic E-state index is -0.108. The van der Waals surface area contributed by atoms with Crippen molar-refractivity contribution in [3.05, 3.63) is 52.3 Å². The van der Waals surface area contributed by atoms with E-state index in [0.29, 0.717) is 36.1 Å². The van der Waals surface area contributed by atoms with E-state index in [2.05, 4.69) is 5.10 Å². The normalized spacial score (nSPS) is 10.8. The molecule has 6 heteroatoms. The molecule has 1 amide bonds. The van der Waals surface area contributed by atoms with Crippen molar-refractivity contribution in [3.8, 4) is 0 Å². The lowest BCUT2D eigenvalue weighted by molar-refractivity contribution is 0.0778. The Morgan fingerprint density at radius 2 is 2.04 bits per heavy atom. The summed E-state index contributed by atoms with van der Waals surface area (Å²) in [5.74, 6) is -0.108. The van der Waals surface area contributed by atoms with Gasteiger partial charge in [0.15, 0.2) is 0 Å². The van der Waals surface area contributed by atoms with Crippen LogP contribution >= 0.6 is 11.6 Å². The van der Waals surface area contributed by atoms with Gasteiger partial charge in [0.2, 0.25) is 0 Å². The van der Waals surface area contributed by atoms with E-state index in [4.69, 9.17) is 16.3 Å². The fourth-order valence-corrected chi connectivity index (χ4v) is 2.71. The van der Waals surface area contributed by atoms with Crippen LogP contribution in [0.3, 0.4) is 0 Å². The molecule has 1 heterocycles. The Hall–Kier alpha value is -1.85. The third-order valence-electron chi connectivity index (χ3n) is 3.64. The Morgan fingerprint density at radius 1 is 1.35 bits per heavy atom. The number of nitrogens with zero attached hydrogens (tertiary/aromatic N) is 3. The summed E-state index contributed by atoms with van der Waals surface area (Å²) in [6, 6.07) is 9.91. The largest absolute Gasteiger partial charge is 0.385 e. The summed E-state index contributed by atoms with van der Waals surface area (Å²) in [6.07, 6.45) is 0.785. The number of hydrogen-bond acceptors (Lipinski definition) is 3. The van der Waals surface area contributed by atoms with E-state index in [1.54, 1.807) is 23.7 Å². The van der Waals surface area contributed by atoms with Gasteiger partial charge in [0.1, 0.15) is 5.15 Å². The van der Waals surface area contributed by atoms with Crippen LogP contribution in [-0.2, 0) is 11.3 Å². The lowest BCUT2D eigenvalue weighted by Gasteiger charge is -2.16. The van der Waals surface area contributed by atoms with Crippen molar-refractivity contribution in [1.82, 2.24) is 14.7 Å². The summed E-state index contributed by atoms with van der Waals surface area (Å²) in [4.78, 5) is 14.2. The van der Waals surface area contributed by atoms with Gasteiger partial charge in [0.25, 0.3) is 5.91 Å². The molecule has 5 nitrogen and oxygen atoms in total. The van der Waals surface area contributed by atoms with Crippen molar-refractivity contribution in [2.75, 3.05) is 27.3 Å². The molecule has 0 saturated carbocycles. The number of carbonyl (C=O) groups is 1. The number of hydrogen-bond donors (Lipinski definition) is 0. The highest BCUT2D eigenvalue weighted by atomic mass is 35.5. The van der Waals surface area contributed by atoms with Gasteiger partial charge in [0, 0.05) is 27.3 Å². The molecule has 2 aromatic rings. The zero-order chi connectivity index (χ0) is 16.8. The maximum atomic E-state index is 12.6. The second-order valence-corrected chi connectivity index (χ2v) is 5.83. The number of halogens is 1. The fourth-order valence-electron chi connectivity index (χ4n) is 2.40. The van der Waals surface area contributed by atoms with Crippen LogP contribution in [-0.4, -0.2) is 47.9 Å². The molecule has 0 fully saturated rings. The van der Waals surface area contributed by atoms with Gasteiger partial charge in [-0.3, -0.25) is 4.79 Å². The van der Waals surface area contributed by atoms with Crippen molar-refractivity contribution < 1.29 is 9.53 Å². The lowest BCUT2D eigenvalue weighted by Crippen LogP contribution is -2.29. The van der Waals surface area contributed by atoms with Crippen molar-refractivity contribution in [2.24, 2.45) is 0 Å². The van der Waals surface area contributed by atoms with Crippen LogP contribution in [0.5, 0.6) is 0 Å². The van der Waals surface area contributed by atoms with Crippen LogP contribution in [0.15, 0.2) is 30.3 Å². The van der Waals surface area contributed by atoms with E-state index in [0.717, 1.165) is 12.0 Å². The van der Waals surface area contributed by atoms with Crippen LogP contribution < -0.4 is 0 Å². The van der Waals surface area contributed by atoms with Gasteiger partial charge >= 0.3 is 0 Å². The number of benzene rings is 1. The van der Waals surface area contributed by atoms with Crippen molar-refractivity contribution in [2.45, 2.75) is 19.9 Å². The van der Waals surface area contributed by atoms with Crippen molar-refractivity contribution in [1.29, 1.82) is 0 Å². The first-order valence-electron chi connectivity index (χ1n) is 7.55. The van der Waals surface area contributed by atoms with Gasteiger partial charge in [-0.1, -0.05) is 41.9 Å².